The van der Waals surface area contributed by atoms with Gasteiger partial charge in [-0.05, 0) is 51.1 Å². The van der Waals surface area contributed by atoms with E-state index in [-0.39, 0.29) is 12.3 Å². The van der Waals surface area contributed by atoms with E-state index in [1.165, 1.54) is 12.3 Å². The highest BCUT2D eigenvalue weighted by atomic mass is 16.6. The fourth-order valence-corrected chi connectivity index (χ4v) is 2.56. The Balaban J connectivity index is 1.82. The summed E-state index contributed by atoms with van der Waals surface area (Å²) in [5.74, 6) is 0.0900. The lowest BCUT2D eigenvalue weighted by Gasteiger charge is -2.24. The van der Waals surface area contributed by atoms with Crippen molar-refractivity contribution < 1.29 is 19.2 Å². The summed E-state index contributed by atoms with van der Waals surface area (Å²) in [5.41, 5.74) is 1.00. The van der Waals surface area contributed by atoms with Crippen LogP contribution >= 0.6 is 0 Å². The SMILES string of the molecule is CCOC(=O)C(C)(C)Oc1ccc(-c2cn3cc([N+](=O)[O-])ccc3n2)cc1. The van der Waals surface area contributed by atoms with Crippen LogP contribution in [0.25, 0.3) is 16.9 Å². The second kappa shape index (κ2) is 7.06. The Morgan fingerprint density at radius 2 is 1.89 bits per heavy atom. The highest BCUT2D eigenvalue weighted by Crippen LogP contribution is 2.25. The molecular formula is C19H19N3O5. The number of rotatable bonds is 6. The van der Waals surface area contributed by atoms with Crippen molar-refractivity contribution in [3.8, 4) is 17.0 Å². The van der Waals surface area contributed by atoms with E-state index in [1.807, 2.05) is 12.1 Å². The first-order valence-electron chi connectivity index (χ1n) is 8.40. The molecule has 27 heavy (non-hydrogen) atoms. The molecule has 0 atom stereocenters. The van der Waals surface area contributed by atoms with Gasteiger partial charge in [-0.25, -0.2) is 9.78 Å². The van der Waals surface area contributed by atoms with E-state index in [0.29, 0.717) is 17.1 Å². The predicted octanol–water partition coefficient (Wildman–Crippen LogP) is 3.63. The van der Waals surface area contributed by atoms with Crippen molar-refractivity contribution in [2.75, 3.05) is 6.61 Å². The minimum absolute atomic E-state index is 0.00334. The third-order valence-electron chi connectivity index (χ3n) is 3.94. The topological polar surface area (TPSA) is 96.0 Å². The molecule has 0 saturated carbocycles. The molecule has 0 fully saturated rings. The molecular weight excluding hydrogens is 350 g/mol. The summed E-state index contributed by atoms with van der Waals surface area (Å²) in [6.07, 6.45) is 3.14. The number of esters is 1. The zero-order valence-electron chi connectivity index (χ0n) is 15.2. The first kappa shape index (κ1) is 18.4. The number of aromatic nitrogens is 2. The first-order valence-corrected chi connectivity index (χ1v) is 8.40. The van der Waals surface area contributed by atoms with E-state index in [0.717, 1.165) is 5.56 Å². The number of hydrogen-bond acceptors (Lipinski definition) is 6. The van der Waals surface area contributed by atoms with E-state index in [4.69, 9.17) is 9.47 Å². The van der Waals surface area contributed by atoms with Crippen LogP contribution in [0, 0.1) is 10.1 Å². The molecule has 0 amide bonds. The number of ether oxygens (including phenoxy) is 2. The standard InChI is InChI=1S/C19H19N3O5/c1-4-26-18(23)19(2,3)27-15-8-5-13(6-9-15)16-12-21-11-14(22(24)25)7-10-17(21)20-16/h5-12H,4H2,1-3H3. The third kappa shape index (κ3) is 3.89. The molecule has 0 aliphatic heterocycles. The summed E-state index contributed by atoms with van der Waals surface area (Å²) in [6, 6.07) is 10.1. The maximum atomic E-state index is 11.9. The number of imidazole rings is 1. The van der Waals surface area contributed by atoms with Crippen LogP contribution in [0.3, 0.4) is 0 Å². The van der Waals surface area contributed by atoms with Gasteiger partial charge in [-0.3, -0.25) is 14.5 Å². The lowest BCUT2D eigenvalue weighted by molar-refractivity contribution is -0.385. The van der Waals surface area contributed by atoms with Gasteiger partial charge in [0.05, 0.1) is 23.4 Å². The molecule has 3 rings (SSSR count). The molecule has 0 radical (unpaired) electrons. The van der Waals surface area contributed by atoms with E-state index < -0.39 is 16.5 Å². The number of hydrogen-bond donors (Lipinski definition) is 0. The second-order valence-electron chi connectivity index (χ2n) is 6.39. The van der Waals surface area contributed by atoms with Crippen molar-refractivity contribution in [3.05, 3.63) is 58.9 Å². The average Bonchev–Trinajstić information content (AvgIpc) is 3.05. The van der Waals surface area contributed by atoms with Crippen LogP contribution in [0.15, 0.2) is 48.8 Å². The molecule has 140 valence electrons. The molecule has 8 nitrogen and oxygen atoms in total. The van der Waals surface area contributed by atoms with E-state index in [1.54, 1.807) is 49.6 Å². The third-order valence-corrected chi connectivity index (χ3v) is 3.94. The van der Waals surface area contributed by atoms with E-state index in [2.05, 4.69) is 4.98 Å². The highest BCUT2D eigenvalue weighted by molar-refractivity contribution is 5.79. The summed E-state index contributed by atoms with van der Waals surface area (Å²) < 4.78 is 12.4. The summed E-state index contributed by atoms with van der Waals surface area (Å²) in [4.78, 5) is 26.8. The van der Waals surface area contributed by atoms with Crippen molar-refractivity contribution in [3.63, 3.8) is 0 Å². The molecule has 0 N–H and O–H groups in total. The summed E-state index contributed by atoms with van der Waals surface area (Å²) in [7, 11) is 0. The van der Waals surface area contributed by atoms with Crippen molar-refractivity contribution in [2.24, 2.45) is 0 Å². The zero-order chi connectivity index (χ0) is 19.6. The van der Waals surface area contributed by atoms with Crippen molar-refractivity contribution >= 4 is 17.3 Å². The summed E-state index contributed by atoms with van der Waals surface area (Å²) >= 11 is 0. The van der Waals surface area contributed by atoms with Gasteiger partial charge in [0.25, 0.3) is 5.69 Å². The smallest absolute Gasteiger partial charge is 0.349 e. The molecule has 0 bridgehead atoms. The Hall–Kier alpha value is -3.42. The summed E-state index contributed by atoms with van der Waals surface area (Å²) in [5, 5.41) is 10.9. The quantitative estimate of drug-likeness (QED) is 0.374. The van der Waals surface area contributed by atoms with Crippen molar-refractivity contribution in [1.29, 1.82) is 0 Å². The van der Waals surface area contributed by atoms with Crippen LogP contribution in [0.2, 0.25) is 0 Å². The van der Waals surface area contributed by atoms with Crippen LogP contribution in [0.1, 0.15) is 20.8 Å². The van der Waals surface area contributed by atoms with E-state index >= 15 is 0 Å². The normalized spacial score (nSPS) is 11.4. The maximum absolute atomic E-state index is 11.9. The van der Waals surface area contributed by atoms with Gasteiger partial charge in [-0.15, -0.1) is 0 Å². The Labute approximate surface area is 155 Å². The lowest BCUT2D eigenvalue weighted by Crippen LogP contribution is -2.39. The van der Waals surface area contributed by atoms with Gasteiger partial charge >= 0.3 is 5.97 Å². The van der Waals surface area contributed by atoms with Gasteiger partial charge in [0.1, 0.15) is 11.4 Å². The van der Waals surface area contributed by atoms with Crippen LogP contribution < -0.4 is 4.74 Å². The molecule has 0 unspecified atom stereocenters. The maximum Gasteiger partial charge on any atom is 0.349 e. The van der Waals surface area contributed by atoms with E-state index in [9.17, 15) is 14.9 Å². The molecule has 2 heterocycles. The lowest BCUT2D eigenvalue weighted by atomic mass is 10.1. The van der Waals surface area contributed by atoms with Gasteiger partial charge < -0.3 is 9.47 Å². The average molecular weight is 369 g/mol. The molecule has 3 aromatic rings. The predicted molar refractivity (Wildman–Crippen MR) is 98.6 cm³/mol. The minimum atomic E-state index is -1.10. The first-order chi connectivity index (χ1) is 12.8. The van der Waals surface area contributed by atoms with Crippen LogP contribution in [0.4, 0.5) is 5.69 Å². The number of pyridine rings is 1. The van der Waals surface area contributed by atoms with Crippen LogP contribution in [-0.4, -0.2) is 32.5 Å². The monoisotopic (exact) mass is 369 g/mol. The number of fused-ring (bicyclic) bond motifs is 1. The highest BCUT2D eigenvalue weighted by Gasteiger charge is 2.31. The Kier molecular flexibility index (Phi) is 4.81. The molecule has 0 aliphatic rings. The fourth-order valence-electron chi connectivity index (χ4n) is 2.56. The molecule has 2 aromatic heterocycles. The van der Waals surface area contributed by atoms with Gasteiger partial charge in [0.2, 0.25) is 0 Å². The van der Waals surface area contributed by atoms with Crippen LogP contribution in [0.5, 0.6) is 5.75 Å². The van der Waals surface area contributed by atoms with Crippen molar-refractivity contribution in [2.45, 2.75) is 26.4 Å². The fraction of sp³-hybridized carbons (Fsp3) is 0.263. The molecule has 0 spiro atoms. The largest absolute Gasteiger partial charge is 0.476 e. The van der Waals surface area contributed by atoms with Gasteiger partial charge in [0.15, 0.2) is 5.60 Å². The molecule has 1 aromatic carbocycles. The molecule has 8 heteroatoms. The Bertz CT molecular complexity index is 992. The number of nitrogens with zero attached hydrogens (tertiary/aromatic N) is 3. The minimum Gasteiger partial charge on any atom is -0.476 e. The van der Waals surface area contributed by atoms with Crippen molar-refractivity contribution in [1.82, 2.24) is 9.38 Å². The van der Waals surface area contributed by atoms with Gasteiger partial charge in [0, 0.05) is 17.8 Å². The Morgan fingerprint density at radius 1 is 1.19 bits per heavy atom. The second-order valence-corrected chi connectivity index (χ2v) is 6.39. The zero-order valence-corrected chi connectivity index (χ0v) is 15.2. The molecule has 0 saturated heterocycles. The molecule has 0 aliphatic carbocycles. The van der Waals surface area contributed by atoms with Gasteiger partial charge in [-0.2, -0.15) is 0 Å². The number of benzene rings is 1. The summed E-state index contributed by atoms with van der Waals surface area (Å²) in [6.45, 7) is 5.32. The number of nitro groups is 1. The van der Waals surface area contributed by atoms with Crippen LogP contribution in [-0.2, 0) is 9.53 Å². The number of carbonyl (C=O) groups is 1. The number of carbonyl (C=O) groups excluding carboxylic acids is 1. The Morgan fingerprint density at radius 3 is 2.52 bits per heavy atom. The van der Waals surface area contributed by atoms with Gasteiger partial charge in [-0.1, -0.05) is 0 Å².